The van der Waals surface area contributed by atoms with Crippen LogP contribution in [0.1, 0.15) is 37.3 Å². The van der Waals surface area contributed by atoms with Gasteiger partial charge in [0.15, 0.2) is 0 Å². The number of pyridine rings is 1. The molecular formula is C21H19ClN3O. The molecule has 0 N–H and O–H groups in total. The van der Waals surface area contributed by atoms with Gasteiger partial charge in [0.2, 0.25) is 0 Å². The molecule has 0 unspecified atom stereocenters. The average molecular weight is 365 g/mol. The van der Waals surface area contributed by atoms with Crippen molar-refractivity contribution in [2.24, 2.45) is 0 Å². The van der Waals surface area contributed by atoms with Crippen LogP contribution in [0, 0.1) is 5.92 Å². The van der Waals surface area contributed by atoms with Crippen LogP contribution in [0.15, 0.2) is 65.7 Å². The highest BCUT2D eigenvalue weighted by Gasteiger charge is 2.25. The summed E-state index contributed by atoms with van der Waals surface area (Å²) in [4.78, 5) is 16.5. The highest BCUT2D eigenvalue weighted by atomic mass is 35.5. The maximum Gasteiger partial charge on any atom is 0.267 e. The molecule has 1 aromatic carbocycles. The molecule has 0 amide bonds. The summed E-state index contributed by atoms with van der Waals surface area (Å²) in [5, 5.41) is 5.38. The Kier molecular flexibility index (Phi) is 4.85. The van der Waals surface area contributed by atoms with E-state index < -0.39 is 0 Å². The first kappa shape index (κ1) is 17.0. The van der Waals surface area contributed by atoms with Crippen molar-refractivity contribution in [3.63, 3.8) is 0 Å². The summed E-state index contributed by atoms with van der Waals surface area (Å²) < 4.78 is 1.65. The van der Waals surface area contributed by atoms with Crippen LogP contribution < -0.4 is 5.56 Å². The molecule has 0 atom stereocenters. The van der Waals surface area contributed by atoms with E-state index in [4.69, 9.17) is 11.6 Å². The third kappa shape index (κ3) is 3.56. The van der Waals surface area contributed by atoms with E-state index in [1.54, 1.807) is 29.2 Å². The quantitative estimate of drug-likeness (QED) is 0.677. The topological polar surface area (TPSA) is 47.8 Å². The smallest absolute Gasteiger partial charge is 0.267 e. The van der Waals surface area contributed by atoms with Gasteiger partial charge in [-0.25, -0.2) is 4.68 Å². The molecule has 0 aliphatic heterocycles. The van der Waals surface area contributed by atoms with Gasteiger partial charge >= 0.3 is 0 Å². The molecule has 2 aromatic heterocycles. The summed E-state index contributed by atoms with van der Waals surface area (Å²) >= 11 is 6.11. The molecule has 5 heteroatoms. The Bertz CT molecular complexity index is 947. The second-order valence-corrected chi connectivity index (χ2v) is 7.02. The Labute approximate surface area is 157 Å². The van der Waals surface area contributed by atoms with Gasteiger partial charge in [-0.3, -0.25) is 9.78 Å². The Morgan fingerprint density at radius 1 is 1.00 bits per heavy atom. The van der Waals surface area contributed by atoms with E-state index in [2.05, 4.69) is 16.1 Å². The summed E-state index contributed by atoms with van der Waals surface area (Å²) in [7, 11) is 0. The molecule has 2 heterocycles. The lowest BCUT2D eigenvalue weighted by Gasteiger charge is -2.29. The van der Waals surface area contributed by atoms with Gasteiger partial charge in [-0.1, -0.05) is 23.7 Å². The first-order valence-electron chi connectivity index (χ1n) is 8.81. The molecule has 1 saturated carbocycles. The molecule has 4 nitrogen and oxygen atoms in total. The van der Waals surface area contributed by atoms with E-state index in [1.807, 2.05) is 30.3 Å². The number of nitrogens with zero attached hydrogens (tertiary/aromatic N) is 3. The van der Waals surface area contributed by atoms with Crippen LogP contribution in [-0.4, -0.2) is 14.8 Å². The summed E-state index contributed by atoms with van der Waals surface area (Å²) in [5.74, 6) is 1.40. The maximum atomic E-state index is 12.4. The summed E-state index contributed by atoms with van der Waals surface area (Å²) in [5.41, 5.74) is 2.86. The molecule has 1 aliphatic rings. The van der Waals surface area contributed by atoms with E-state index in [1.165, 1.54) is 11.5 Å². The van der Waals surface area contributed by atoms with Crippen LogP contribution in [0.5, 0.6) is 0 Å². The van der Waals surface area contributed by atoms with Crippen molar-refractivity contribution in [1.82, 2.24) is 14.8 Å². The van der Waals surface area contributed by atoms with Gasteiger partial charge in [-0.15, -0.1) is 0 Å². The van der Waals surface area contributed by atoms with Crippen LogP contribution in [0.2, 0.25) is 5.02 Å². The van der Waals surface area contributed by atoms with Gasteiger partial charge in [0.1, 0.15) is 0 Å². The largest absolute Gasteiger partial charge is 0.268 e. The zero-order chi connectivity index (χ0) is 17.9. The van der Waals surface area contributed by atoms with E-state index >= 15 is 0 Å². The van der Waals surface area contributed by atoms with Crippen LogP contribution in [-0.2, 0) is 0 Å². The fraction of sp³-hybridized carbons (Fsp3) is 0.238. The van der Waals surface area contributed by atoms with Crippen LogP contribution in [0.4, 0.5) is 0 Å². The first-order chi connectivity index (χ1) is 12.7. The van der Waals surface area contributed by atoms with Gasteiger partial charge in [0, 0.05) is 35.0 Å². The Morgan fingerprint density at radius 2 is 1.81 bits per heavy atom. The number of aromatic nitrogens is 3. The minimum Gasteiger partial charge on any atom is -0.268 e. The summed E-state index contributed by atoms with van der Waals surface area (Å²) in [6.45, 7) is 0. The molecule has 0 spiro atoms. The van der Waals surface area contributed by atoms with E-state index in [-0.39, 0.29) is 11.6 Å². The summed E-state index contributed by atoms with van der Waals surface area (Å²) in [6, 6.07) is 15.3. The lowest BCUT2D eigenvalue weighted by Crippen LogP contribution is -2.29. The monoisotopic (exact) mass is 364 g/mol. The molecule has 26 heavy (non-hydrogen) atoms. The van der Waals surface area contributed by atoms with Crippen molar-refractivity contribution in [2.75, 3.05) is 0 Å². The minimum atomic E-state index is -0.0474. The third-order valence-electron chi connectivity index (χ3n) is 4.92. The molecule has 0 saturated heterocycles. The van der Waals surface area contributed by atoms with Gasteiger partial charge in [-0.05, 0) is 61.6 Å². The zero-order valence-corrected chi connectivity index (χ0v) is 15.1. The predicted octanol–water partition coefficient (Wildman–Crippen LogP) is 4.70. The average Bonchev–Trinajstić information content (AvgIpc) is 2.69. The van der Waals surface area contributed by atoms with Gasteiger partial charge in [0.05, 0.1) is 11.7 Å². The SMILES string of the molecule is O=c1ccc(-c2cccnc2)nn1C1CC[C](c2cccc(Cl)c2)CC1. The van der Waals surface area contributed by atoms with Crippen molar-refractivity contribution in [3.8, 4) is 11.3 Å². The van der Waals surface area contributed by atoms with Crippen LogP contribution in [0.3, 0.4) is 0 Å². The number of benzene rings is 1. The second-order valence-electron chi connectivity index (χ2n) is 6.59. The Hall–Kier alpha value is -2.46. The molecule has 1 fully saturated rings. The molecule has 4 rings (SSSR count). The number of halogens is 1. The fourth-order valence-corrected chi connectivity index (χ4v) is 3.74. The van der Waals surface area contributed by atoms with Gasteiger partial charge in [-0.2, -0.15) is 5.10 Å². The van der Waals surface area contributed by atoms with E-state index in [0.717, 1.165) is 42.0 Å². The number of hydrogen-bond donors (Lipinski definition) is 0. The standard InChI is InChI=1S/C21H19ClN3O/c22-18-5-1-3-16(13-18)15-6-8-19(9-7-15)25-21(26)11-10-20(24-25)17-4-2-12-23-14-17/h1-5,10-14,19H,6-9H2. The number of hydrogen-bond acceptors (Lipinski definition) is 3. The first-order valence-corrected chi connectivity index (χ1v) is 9.19. The van der Waals surface area contributed by atoms with Crippen molar-refractivity contribution >= 4 is 11.6 Å². The third-order valence-corrected chi connectivity index (χ3v) is 5.15. The molecule has 0 bridgehead atoms. The predicted molar refractivity (Wildman–Crippen MR) is 103 cm³/mol. The fourth-order valence-electron chi connectivity index (χ4n) is 3.55. The highest BCUT2D eigenvalue weighted by Crippen LogP contribution is 2.37. The van der Waals surface area contributed by atoms with Crippen molar-refractivity contribution in [2.45, 2.75) is 31.7 Å². The van der Waals surface area contributed by atoms with E-state index in [0.29, 0.717) is 0 Å². The molecule has 1 radical (unpaired) electrons. The lowest BCUT2D eigenvalue weighted by atomic mass is 9.82. The van der Waals surface area contributed by atoms with E-state index in [9.17, 15) is 4.79 Å². The normalized spacial score (nSPS) is 15.9. The molecular weight excluding hydrogens is 346 g/mol. The van der Waals surface area contributed by atoms with Gasteiger partial charge in [0.25, 0.3) is 5.56 Å². The van der Waals surface area contributed by atoms with Crippen molar-refractivity contribution in [1.29, 1.82) is 0 Å². The summed E-state index contributed by atoms with van der Waals surface area (Å²) in [6.07, 6.45) is 7.22. The van der Waals surface area contributed by atoms with Crippen LogP contribution >= 0.6 is 11.6 Å². The Balaban J connectivity index is 1.53. The Morgan fingerprint density at radius 3 is 2.54 bits per heavy atom. The second kappa shape index (κ2) is 7.42. The van der Waals surface area contributed by atoms with Gasteiger partial charge < -0.3 is 0 Å². The number of rotatable bonds is 3. The minimum absolute atomic E-state index is 0.0474. The van der Waals surface area contributed by atoms with Crippen LogP contribution in [0.25, 0.3) is 11.3 Å². The van der Waals surface area contributed by atoms with Crippen molar-refractivity contribution in [3.05, 3.63) is 87.8 Å². The zero-order valence-electron chi connectivity index (χ0n) is 14.3. The lowest BCUT2D eigenvalue weighted by molar-refractivity contribution is 0.339. The molecule has 131 valence electrons. The van der Waals surface area contributed by atoms with Crippen molar-refractivity contribution < 1.29 is 0 Å². The molecule has 1 aliphatic carbocycles. The highest BCUT2D eigenvalue weighted by molar-refractivity contribution is 6.30. The molecule has 3 aromatic rings. The maximum absolute atomic E-state index is 12.4.